The van der Waals surface area contributed by atoms with Crippen LogP contribution < -0.4 is 0 Å². The lowest BCUT2D eigenvalue weighted by Gasteiger charge is -2.36. The van der Waals surface area contributed by atoms with Crippen LogP contribution in [0.5, 0.6) is 0 Å². The van der Waals surface area contributed by atoms with E-state index in [1.165, 1.54) is 6.20 Å². The van der Waals surface area contributed by atoms with Gasteiger partial charge in [-0.2, -0.15) is 0 Å². The van der Waals surface area contributed by atoms with Crippen molar-refractivity contribution in [2.24, 2.45) is 0 Å². The topological polar surface area (TPSA) is 53.4 Å². The van der Waals surface area contributed by atoms with E-state index in [2.05, 4.69) is 4.98 Å². The molecule has 1 amide bonds. The molecule has 0 aliphatic carbocycles. The van der Waals surface area contributed by atoms with Crippen molar-refractivity contribution in [3.63, 3.8) is 0 Å². The number of aliphatic hydroxyl groups is 1. The minimum absolute atomic E-state index is 0.174. The van der Waals surface area contributed by atoms with Crippen molar-refractivity contribution in [3.8, 4) is 0 Å². The average molecular weight is 255 g/mol. The lowest BCUT2D eigenvalue weighted by atomic mass is 9.95. The quantitative estimate of drug-likeness (QED) is 0.830. The molecule has 1 aliphatic rings. The maximum atomic E-state index is 12.1. The number of amides is 1. The fraction of sp³-hybridized carbons (Fsp3) is 0.500. The van der Waals surface area contributed by atoms with Crippen LogP contribution in [0.2, 0.25) is 5.02 Å². The smallest absolute Gasteiger partial charge is 0.272 e. The number of carbonyl (C=O) groups is 1. The number of aromatic nitrogens is 1. The summed E-state index contributed by atoms with van der Waals surface area (Å²) in [6, 6.07) is 3.18. The molecular weight excluding hydrogens is 240 g/mol. The van der Waals surface area contributed by atoms with Crippen molar-refractivity contribution >= 4 is 17.5 Å². The molecule has 0 saturated carbocycles. The van der Waals surface area contributed by atoms with Crippen LogP contribution in [-0.4, -0.2) is 39.6 Å². The average Bonchev–Trinajstić information content (AvgIpc) is 2.26. The molecule has 1 unspecified atom stereocenters. The summed E-state index contributed by atoms with van der Waals surface area (Å²) in [6.45, 7) is 2.75. The zero-order chi connectivity index (χ0) is 12.5. The van der Waals surface area contributed by atoms with Gasteiger partial charge in [0.1, 0.15) is 5.69 Å². The third-order valence-corrected chi connectivity index (χ3v) is 3.14. The van der Waals surface area contributed by atoms with Gasteiger partial charge in [-0.15, -0.1) is 0 Å². The molecule has 0 radical (unpaired) electrons. The zero-order valence-corrected chi connectivity index (χ0v) is 10.4. The first-order valence-corrected chi connectivity index (χ1v) is 5.99. The van der Waals surface area contributed by atoms with Crippen LogP contribution in [0, 0.1) is 0 Å². The highest BCUT2D eigenvalue weighted by Crippen LogP contribution is 2.21. The van der Waals surface area contributed by atoms with Crippen molar-refractivity contribution in [1.29, 1.82) is 0 Å². The largest absolute Gasteiger partial charge is 0.388 e. The zero-order valence-electron chi connectivity index (χ0n) is 9.69. The standard InChI is InChI=1S/C12H15ClN2O2/c1-12(17)4-2-6-15(8-12)11(16)10-7-9(13)3-5-14-10/h3,5,7,17H,2,4,6,8H2,1H3. The van der Waals surface area contributed by atoms with Gasteiger partial charge < -0.3 is 10.0 Å². The maximum Gasteiger partial charge on any atom is 0.272 e. The lowest BCUT2D eigenvalue weighted by Crippen LogP contribution is -2.48. The first-order chi connectivity index (χ1) is 7.98. The van der Waals surface area contributed by atoms with Crippen molar-refractivity contribution in [2.75, 3.05) is 13.1 Å². The van der Waals surface area contributed by atoms with Gasteiger partial charge in [-0.1, -0.05) is 11.6 Å². The Morgan fingerprint density at radius 3 is 3.06 bits per heavy atom. The maximum absolute atomic E-state index is 12.1. The molecule has 0 bridgehead atoms. The van der Waals surface area contributed by atoms with E-state index < -0.39 is 5.60 Å². The first kappa shape index (κ1) is 12.3. The fourth-order valence-electron chi connectivity index (χ4n) is 2.08. The monoisotopic (exact) mass is 254 g/mol. The highest BCUT2D eigenvalue weighted by atomic mass is 35.5. The second kappa shape index (κ2) is 4.63. The third kappa shape index (κ3) is 2.96. The number of rotatable bonds is 1. The first-order valence-electron chi connectivity index (χ1n) is 5.61. The van der Waals surface area contributed by atoms with Gasteiger partial charge in [0, 0.05) is 24.3 Å². The Morgan fingerprint density at radius 1 is 1.65 bits per heavy atom. The summed E-state index contributed by atoms with van der Waals surface area (Å²) in [6.07, 6.45) is 3.04. The van der Waals surface area contributed by atoms with Gasteiger partial charge in [0.25, 0.3) is 5.91 Å². The van der Waals surface area contributed by atoms with Gasteiger partial charge in [-0.25, -0.2) is 0 Å². The van der Waals surface area contributed by atoms with Gasteiger partial charge in [-0.05, 0) is 31.9 Å². The summed E-state index contributed by atoms with van der Waals surface area (Å²) in [7, 11) is 0. The van der Waals surface area contributed by atoms with Crippen LogP contribution >= 0.6 is 11.6 Å². The minimum Gasteiger partial charge on any atom is -0.388 e. The number of pyridine rings is 1. The Kier molecular flexibility index (Phi) is 3.35. The van der Waals surface area contributed by atoms with Gasteiger partial charge in [-0.3, -0.25) is 9.78 Å². The molecule has 1 saturated heterocycles. The van der Waals surface area contributed by atoms with Crippen LogP contribution in [0.3, 0.4) is 0 Å². The Bertz CT molecular complexity index is 434. The van der Waals surface area contributed by atoms with Crippen LogP contribution in [0.25, 0.3) is 0 Å². The van der Waals surface area contributed by atoms with E-state index >= 15 is 0 Å². The van der Waals surface area contributed by atoms with E-state index in [1.54, 1.807) is 24.0 Å². The molecule has 17 heavy (non-hydrogen) atoms. The van der Waals surface area contributed by atoms with Crippen LogP contribution in [0.4, 0.5) is 0 Å². The molecule has 5 heteroatoms. The number of β-amino-alcohol motifs (C(OH)–C–C–N with tert-alkyl or cyclic N) is 1. The van der Waals surface area contributed by atoms with E-state index in [1.807, 2.05) is 0 Å². The van der Waals surface area contributed by atoms with Gasteiger partial charge in [0.05, 0.1) is 5.60 Å². The molecule has 1 fully saturated rings. The molecule has 92 valence electrons. The number of hydrogen-bond acceptors (Lipinski definition) is 3. The summed E-state index contributed by atoms with van der Waals surface area (Å²) in [4.78, 5) is 17.8. The number of carbonyl (C=O) groups excluding carboxylic acids is 1. The predicted octanol–water partition coefficient (Wildman–Crippen LogP) is 1.72. The van der Waals surface area contributed by atoms with E-state index in [9.17, 15) is 9.90 Å². The molecule has 1 N–H and O–H groups in total. The normalized spacial score (nSPS) is 24.8. The highest BCUT2D eigenvalue weighted by Gasteiger charge is 2.31. The van der Waals surface area contributed by atoms with E-state index in [0.29, 0.717) is 23.8 Å². The lowest BCUT2D eigenvalue weighted by molar-refractivity contribution is -0.0109. The van der Waals surface area contributed by atoms with Crippen LogP contribution in [0.15, 0.2) is 18.3 Å². The Hall–Kier alpha value is -1.13. The molecule has 1 aromatic heterocycles. The second-order valence-corrected chi connectivity index (χ2v) is 5.12. The number of hydrogen-bond donors (Lipinski definition) is 1. The highest BCUT2D eigenvalue weighted by molar-refractivity contribution is 6.30. The molecule has 4 nitrogen and oxygen atoms in total. The molecule has 2 heterocycles. The summed E-state index contributed by atoms with van der Waals surface area (Å²) >= 11 is 5.82. The number of likely N-dealkylation sites (tertiary alicyclic amines) is 1. The third-order valence-electron chi connectivity index (χ3n) is 2.90. The summed E-state index contributed by atoms with van der Waals surface area (Å²) < 4.78 is 0. The number of piperidine rings is 1. The van der Waals surface area contributed by atoms with E-state index in [-0.39, 0.29) is 5.91 Å². The molecular formula is C12H15ClN2O2. The molecule has 0 spiro atoms. The number of nitrogens with zero attached hydrogens (tertiary/aromatic N) is 2. The molecule has 0 aromatic carbocycles. The second-order valence-electron chi connectivity index (χ2n) is 4.69. The summed E-state index contributed by atoms with van der Waals surface area (Å²) in [5, 5.41) is 10.4. The molecule has 1 aromatic rings. The van der Waals surface area contributed by atoms with Crippen molar-refractivity contribution < 1.29 is 9.90 Å². The summed E-state index contributed by atoms with van der Waals surface area (Å²) in [5.41, 5.74) is -0.470. The van der Waals surface area contributed by atoms with E-state index in [4.69, 9.17) is 11.6 Å². The van der Waals surface area contributed by atoms with Crippen molar-refractivity contribution in [2.45, 2.75) is 25.4 Å². The van der Waals surface area contributed by atoms with E-state index in [0.717, 1.165) is 12.8 Å². The fourth-order valence-corrected chi connectivity index (χ4v) is 2.24. The number of halogens is 1. The molecule has 1 aliphatic heterocycles. The van der Waals surface area contributed by atoms with Crippen molar-refractivity contribution in [3.05, 3.63) is 29.0 Å². The summed E-state index contributed by atoms with van der Waals surface area (Å²) in [5.74, 6) is -0.174. The Labute approximate surface area is 105 Å². The van der Waals surface area contributed by atoms with Gasteiger partial charge >= 0.3 is 0 Å². The van der Waals surface area contributed by atoms with Crippen LogP contribution in [0.1, 0.15) is 30.3 Å². The van der Waals surface area contributed by atoms with Crippen molar-refractivity contribution in [1.82, 2.24) is 9.88 Å². The Morgan fingerprint density at radius 2 is 2.41 bits per heavy atom. The van der Waals surface area contributed by atoms with Gasteiger partial charge in [0.15, 0.2) is 0 Å². The predicted molar refractivity (Wildman–Crippen MR) is 65.0 cm³/mol. The van der Waals surface area contributed by atoms with Gasteiger partial charge in [0.2, 0.25) is 0 Å². The van der Waals surface area contributed by atoms with Crippen LogP contribution in [-0.2, 0) is 0 Å². The molecule has 1 atom stereocenters. The minimum atomic E-state index is -0.799. The Balaban J connectivity index is 2.15. The SMILES string of the molecule is CC1(O)CCCN(C(=O)c2cc(Cl)ccn2)C1. The molecule has 2 rings (SSSR count).